The van der Waals surface area contributed by atoms with Crippen LogP contribution in [-0.2, 0) is 11.3 Å². The van der Waals surface area contributed by atoms with Crippen LogP contribution in [0.1, 0.15) is 25.3 Å². The van der Waals surface area contributed by atoms with Crippen LogP contribution in [0.4, 0.5) is 4.39 Å². The van der Waals surface area contributed by atoms with E-state index in [2.05, 4.69) is 10.2 Å². The van der Waals surface area contributed by atoms with Crippen molar-refractivity contribution in [2.24, 2.45) is 0 Å². The highest BCUT2D eigenvalue weighted by Gasteiger charge is 2.20. The van der Waals surface area contributed by atoms with Gasteiger partial charge in [-0.3, -0.25) is 9.69 Å². The first kappa shape index (κ1) is 13.0. The third-order valence-electron chi connectivity index (χ3n) is 3.23. The maximum Gasteiger partial charge on any atom is 0.217 e. The van der Waals surface area contributed by atoms with Gasteiger partial charge >= 0.3 is 0 Å². The summed E-state index contributed by atoms with van der Waals surface area (Å²) >= 11 is 0. The van der Waals surface area contributed by atoms with Crippen LogP contribution < -0.4 is 5.32 Å². The molecule has 18 heavy (non-hydrogen) atoms. The zero-order valence-electron chi connectivity index (χ0n) is 10.7. The summed E-state index contributed by atoms with van der Waals surface area (Å²) in [4.78, 5) is 13.3. The van der Waals surface area contributed by atoms with Crippen LogP contribution in [0.5, 0.6) is 0 Å². The molecular weight excluding hydrogens is 231 g/mol. The van der Waals surface area contributed by atoms with Gasteiger partial charge in [0, 0.05) is 26.1 Å². The Balaban J connectivity index is 1.89. The van der Waals surface area contributed by atoms with E-state index >= 15 is 0 Å². The fourth-order valence-corrected chi connectivity index (χ4v) is 2.45. The van der Waals surface area contributed by atoms with Crippen molar-refractivity contribution < 1.29 is 9.18 Å². The molecule has 1 aliphatic rings. The number of nitrogens with one attached hydrogen (secondary N) is 1. The Bertz CT molecular complexity index is 405. The second-order valence-electron chi connectivity index (χ2n) is 4.90. The highest BCUT2D eigenvalue weighted by Crippen LogP contribution is 2.14. The fraction of sp³-hybridized carbons (Fsp3) is 0.500. The van der Waals surface area contributed by atoms with Gasteiger partial charge in [0.15, 0.2) is 0 Å². The Hall–Kier alpha value is -1.42. The largest absolute Gasteiger partial charge is 0.352 e. The first-order chi connectivity index (χ1) is 8.63. The Morgan fingerprint density at radius 3 is 2.83 bits per heavy atom. The predicted molar refractivity (Wildman–Crippen MR) is 68.5 cm³/mol. The van der Waals surface area contributed by atoms with Crippen LogP contribution in [0.25, 0.3) is 0 Å². The summed E-state index contributed by atoms with van der Waals surface area (Å²) in [7, 11) is 0. The van der Waals surface area contributed by atoms with Gasteiger partial charge in [0.05, 0.1) is 0 Å². The summed E-state index contributed by atoms with van der Waals surface area (Å²) in [5.74, 6) is -0.169. The van der Waals surface area contributed by atoms with Crippen molar-refractivity contribution in [2.75, 3.05) is 13.1 Å². The van der Waals surface area contributed by atoms with Crippen LogP contribution in [0.2, 0.25) is 0 Å². The minimum absolute atomic E-state index is 0.0311. The number of hydrogen-bond donors (Lipinski definition) is 1. The number of carbonyl (C=O) groups is 1. The zero-order chi connectivity index (χ0) is 13.0. The maximum absolute atomic E-state index is 12.8. The molecule has 0 aliphatic carbocycles. The summed E-state index contributed by atoms with van der Waals surface area (Å²) < 4.78 is 12.8. The van der Waals surface area contributed by atoms with Crippen LogP contribution >= 0.6 is 0 Å². The predicted octanol–water partition coefficient (Wildman–Crippen LogP) is 1.93. The number of likely N-dealkylation sites (tertiary alicyclic amines) is 1. The lowest BCUT2D eigenvalue weighted by Crippen LogP contribution is -2.46. The standard InChI is InChI=1S/C14H19FN2O/c1-11(18)16-14-3-2-8-17(10-14)9-12-4-6-13(15)7-5-12/h4-7,14H,2-3,8-10H2,1H3,(H,16,18). The van der Waals surface area contributed by atoms with E-state index in [0.29, 0.717) is 0 Å². The van der Waals surface area contributed by atoms with E-state index < -0.39 is 0 Å². The van der Waals surface area contributed by atoms with E-state index in [0.717, 1.165) is 38.0 Å². The van der Waals surface area contributed by atoms with E-state index in [9.17, 15) is 9.18 Å². The molecular formula is C14H19FN2O. The second-order valence-corrected chi connectivity index (χ2v) is 4.90. The van der Waals surface area contributed by atoms with Crippen LogP contribution in [0.3, 0.4) is 0 Å². The third kappa shape index (κ3) is 3.81. The van der Waals surface area contributed by atoms with Crippen molar-refractivity contribution in [3.05, 3.63) is 35.6 Å². The molecule has 1 atom stereocenters. The molecule has 4 heteroatoms. The molecule has 1 aliphatic heterocycles. The Kier molecular flexibility index (Phi) is 4.31. The summed E-state index contributed by atoms with van der Waals surface area (Å²) in [6.07, 6.45) is 2.13. The van der Waals surface area contributed by atoms with E-state index in [-0.39, 0.29) is 17.8 Å². The van der Waals surface area contributed by atoms with Crippen molar-refractivity contribution in [1.82, 2.24) is 10.2 Å². The number of carbonyl (C=O) groups excluding carboxylic acids is 1. The van der Waals surface area contributed by atoms with Gasteiger partial charge in [-0.15, -0.1) is 0 Å². The molecule has 0 radical (unpaired) electrons. The first-order valence-corrected chi connectivity index (χ1v) is 6.37. The van der Waals surface area contributed by atoms with Gasteiger partial charge in [-0.05, 0) is 37.1 Å². The SMILES string of the molecule is CC(=O)NC1CCCN(Cc2ccc(F)cc2)C1. The molecule has 3 nitrogen and oxygen atoms in total. The number of rotatable bonds is 3. The molecule has 0 bridgehead atoms. The number of benzene rings is 1. The molecule has 98 valence electrons. The van der Waals surface area contributed by atoms with Crippen LogP contribution in [0, 0.1) is 5.82 Å². The molecule has 1 saturated heterocycles. The Morgan fingerprint density at radius 2 is 2.17 bits per heavy atom. The lowest BCUT2D eigenvalue weighted by molar-refractivity contribution is -0.120. The Morgan fingerprint density at radius 1 is 1.44 bits per heavy atom. The summed E-state index contributed by atoms with van der Waals surface area (Å²) in [5, 5.41) is 2.97. The van der Waals surface area contributed by atoms with Gasteiger partial charge < -0.3 is 5.32 Å². The van der Waals surface area contributed by atoms with Crippen molar-refractivity contribution in [3.63, 3.8) is 0 Å². The molecule has 2 rings (SSSR count). The molecule has 0 saturated carbocycles. The van der Waals surface area contributed by atoms with Gasteiger partial charge in [-0.2, -0.15) is 0 Å². The summed E-state index contributed by atoms with van der Waals surface area (Å²) in [5.41, 5.74) is 1.11. The highest BCUT2D eigenvalue weighted by molar-refractivity contribution is 5.73. The lowest BCUT2D eigenvalue weighted by Gasteiger charge is -2.32. The average molecular weight is 250 g/mol. The minimum atomic E-state index is -0.200. The first-order valence-electron chi connectivity index (χ1n) is 6.37. The third-order valence-corrected chi connectivity index (χ3v) is 3.23. The molecule has 1 aromatic rings. The van der Waals surface area contributed by atoms with E-state index in [1.165, 1.54) is 12.1 Å². The van der Waals surface area contributed by atoms with Crippen molar-refractivity contribution >= 4 is 5.91 Å². The van der Waals surface area contributed by atoms with Gasteiger partial charge in [0.25, 0.3) is 0 Å². The summed E-state index contributed by atoms with van der Waals surface area (Å²) in [6.45, 7) is 4.28. The van der Waals surface area contributed by atoms with E-state index in [1.54, 1.807) is 6.92 Å². The normalized spacial score (nSPS) is 20.7. The van der Waals surface area contributed by atoms with Crippen molar-refractivity contribution in [1.29, 1.82) is 0 Å². The number of amides is 1. The van der Waals surface area contributed by atoms with Crippen molar-refractivity contribution in [3.8, 4) is 0 Å². The lowest BCUT2D eigenvalue weighted by atomic mass is 10.0. The quantitative estimate of drug-likeness (QED) is 0.889. The molecule has 0 aromatic heterocycles. The number of hydrogen-bond acceptors (Lipinski definition) is 2. The maximum atomic E-state index is 12.8. The molecule has 1 aromatic carbocycles. The molecule has 1 N–H and O–H groups in total. The second kappa shape index (κ2) is 5.96. The van der Waals surface area contributed by atoms with Gasteiger partial charge in [-0.1, -0.05) is 12.1 Å². The minimum Gasteiger partial charge on any atom is -0.352 e. The van der Waals surface area contributed by atoms with Crippen LogP contribution in [0.15, 0.2) is 24.3 Å². The molecule has 1 heterocycles. The highest BCUT2D eigenvalue weighted by atomic mass is 19.1. The van der Waals surface area contributed by atoms with Gasteiger partial charge in [0.1, 0.15) is 5.82 Å². The summed E-state index contributed by atoms with van der Waals surface area (Å²) in [6, 6.07) is 6.86. The van der Waals surface area contributed by atoms with Crippen molar-refractivity contribution in [2.45, 2.75) is 32.4 Å². The molecule has 1 fully saturated rings. The molecule has 1 unspecified atom stereocenters. The van der Waals surface area contributed by atoms with Crippen LogP contribution in [-0.4, -0.2) is 29.9 Å². The number of nitrogens with zero attached hydrogens (tertiary/aromatic N) is 1. The number of piperidine rings is 1. The molecule has 1 amide bonds. The monoisotopic (exact) mass is 250 g/mol. The average Bonchev–Trinajstić information content (AvgIpc) is 2.32. The van der Waals surface area contributed by atoms with E-state index in [1.807, 2.05) is 12.1 Å². The Labute approximate surface area is 107 Å². The van der Waals surface area contributed by atoms with Gasteiger partial charge in [-0.25, -0.2) is 4.39 Å². The van der Waals surface area contributed by atoms with Gasteiger partial charge in [0.2, 0.25) is 5.91 Å². The zero-order valence-corrected chi connectivity index (χ0v) is 10.7. The fourth-order valence-electron chi connectivity index (χ4n) is 2.45. The topological polar surface area (TPSA) is 32.3 Å². The van der Waals surface area contributed by atoms with E-state index in [4.69, 9.17) is 0 Å². The smallest absolute Gasteiger partial charge is 0.217 e. The molecule has 0 spiro atoms. The number of halogens is 1.